The number of hydrogen-bond donors (Lipinski definition) is 1. The van der Waals surface area contributed by atoms with Gasteiger partial charge < -0.3 is 5.32 Å². The van der Waals surface area contributed by atoms with E-state index in [1.165, 1.54) is 33.4 Å². The van der Waals surface area contributed by atoms with E-state index in [2.05, 4.69) is 139 Å². The molecule has 1 aliphatic heterocycles. The maximum Gasteiger partial charge on any atom is 0.0742 e. The second kappa shape index (κ2) is 7.55. The summed E-state index contributed by atoms with van der Waals surface area (Å²) < 4.78 is 0. The molecule has 0 aromatic heterocycles. The van der Waals surface area contributed by atoms with Crippen LogP contribution in [0.2, 0.25) is 0 Å². The lowest BCUT2D eigenvalue weighted by molar-refractivity contribution is 0.741. The third kappa shape index (κ3) is 2.79. The van der Waals surface area contributed by atoms with Crippen molar-refractivity contribution >= 4 is 11.4 Å². The van der Waals surface area contributed by atoms with Crippen LogP contribution in [-0.4, -0.2) is 0 Å². The molecule has 0 amide bonds. The van der Waals surface area contributed by atoms with E-state index in [1.54, 1.807) is 0 Å². The number of para-hydroxylation sites is 1. The van der Waals surface area contributed by atoms with Crippen molar-refractivity contribution in [1.29, 1.82) is 0 Å². The Hall–Kier alpha value is -4.10. The normalized spacial score (nSPS) is 13.5. The molecule has 5 aromatic carbocycles. The van der Waals surface area contributed by atoms with E-state index in [4.69, 9.17) is 0 Å². The fraction of sp³-hybridized carbons (Fsp3) is 0.0323. The molecular weight excluding hydrogens is 386 g/mol. The molecule has 1 aliphatic rings. The third-order valence-electron chi connectivity index (χ3n) is 6.54. The lowest BCUT2D eigenvalue weighted by Crippen LogP contribution is -2.35. The smallest absolute Gasteiger partial charge is 0.0742 e. The van der Waals surface area contributed by atoms with E-state index in [0.29, 0.717) is 0 Å². The highest BCUT2D eigenvalue weighted by atomic mass is 14.9. The molecule has 5 aromatic rings. The number of anilines is 2. The Morgan fingerprint density at radius 3 is 1.59 bits per heavy atom. The monoisotopic (exact) mass is 409 g/mol. The molecule has 0 saturated heterocycles. The van der Waals surface area contributed by atoms with Gasteiger partial charge in [-0.1, -0.05) is 115 Å². The highest BCUT2D eigenvalue weighted by Gasteiger charge is 2.44. The second-order valence-electron chi connectivity index (χ2n) is 8.28. The van der Waals surface area contributed by atoms with Crippen molar-refractivity contribution in [2.24, 2.45) is 0 Å². The van der Waals surface area contributed by atoms with Gasteiger partial charge >= 0.3 is 0 Å². The van der Waals surface area contributed by atoms with Crippen LogP contribution in [0.25, 0.3) is 11.1 Å². The molecule has 0 bridgehead atoms. The van der Waals surface area contributed by atoms with E-state index in [0.717, 1.165) is 11.4 Å². The molecular formula is C31H23N. The Bertz CT molecular complexity index is 1330. The van der Waals surface area contributed by atoms with Gasteiger partial charge in [0.15, 0.2) is 0 Å². The largest absolute Gasteiger partial charge is 0.355 e. The molecule has 1 nitrogen and oxygen atoms in total. The molecule has 6 rings (SSSR count). The topological polar surface area (TPSA) is 12.0 Å². The Morgan fingerprint density at radius 1 is 0.406 bits per heavy atom. The van der Waals surface area contributed by atoms with E-state index in [1.807, 2.05) is 0 Å². The zero-order chi connectivity index (χ0) is 21.4. The summed E-state index contributed by atoms with van der Waals surface area (Å²) in [4.78, 5) is 0. The molecule has 0 fully saturated rings. The first kappa shape index (κ1) is 18.7. The number of nitrogens with one attached hydrogen (secondary N) is 1. The van der Waals surface area contributed by atoms with Gasteiger partial charge in [0.2, 0.25) is 0 Å². The van der Waals surface area contributed by atoms with Gasteiger partial charge in [0, 0.05) is 11.4 Å². The van der Waals surface area contributed by atoms with Crippen LogP contribution in [0, 0.1) is 0 Å². The van der Waals surface area contributed by atoms with Crippen LogP contribution in [0.1, 0.15) is 22.3 Å². The summed E-state index contributed by atoms with van der Waals surface area (Å²) in [6, 6.07) is 47.9. The first-order chi connectivity index (χ1) is 15.9. The predicted octanol–water partition coefficient (Wildman–Crippen LogP) is 7.79. The molecule has 0 unspecified atom stereocenters. The van der Waals surface area contributed by atoms with Crippen LogP contribution in [0.15, 0.2) is 133 Å². The predicted molar refractivity (Wildman–Crippen MR) is 133 cm³/mol. The molecule has 0 radical (unpaired) electrons. The number of benzene rings is 5. The van der Waals surface area contributed by atoms with Gasteiger partial charge in [-0.2, -0.15) is 0 Å². The third-order valence-corrected chi connectivity index (χ3v) is 6.54. The number of fused-ring (bicyclic) bond motifs is 2. The Labute approximate surface area is 189 Å². The summed E-state index contributed by atoms with van der Waals surface area (Å²) in [7, 11) is 0. The summed E-state index contributed by atoms with van der Waals surface area (Å²) in [6.45, 7) is 0. The van der Waals surface area contributed by atoms with Crippen molar-refractivity contribution in [1.82, 2.24) is 0 Å². The Kier molecular flexibility index (Phi) is 4.40. The van der Waals surface area contributed by atoms with Crippen LogP contribution in [0.4, 0.5) is 11.4 Å². The standard InChI is InChI=1S/C31H23N/c1-4-12-23(13-5-1)24-20-21-30-28(22-24)31(25-14-6-2-7-15-25,26-16-8-3-9-17-26)27-18-10-11-19-29(27)32-30/h1-22,32H. The number of hydrogen-bond acceptors (Lipinski definition) is 1. The molecule has 0 aliphatic carbocycles. The Morgan fingerprint density at radius 2 is 0.938 bits per heavy atom. The van der Waals surface area contributed by atoms with Crippen LogP contribution in [-0.2, 0) is 5.41 Å². The van der Waals surface area contributed by atoms with Crippen molar-refractivity contribution in [3.8, 4) is 11.1 Å². The SMILES string of the molecule is c1ccc(-c2ccc3c(c2)C(c2ccccc2)(c2ccccc2)c2ccccc2N3)cc1. The highest BCUT2D eigenvalue weighted by molar-refractivity contribution is 5.84. The van der Waals surface area contributed by atoms with Gasteiger partial charge in [-0.25, -0.2) is 0 Å². The van der Waals surface area contributed by atoms with Crippen LogP contribution in [0.3, 0.4) is 0 Å². The van der Waals surface area contributed by atoms with Gasteiger partial charge in [0.05, 0.1) is 5.41 Å². The molecule has 0 atom stereocenters. The molecule has 152 valence electrons. The lowest BCUT2D eigenvalue weighted by atomic mass is 9.62. The van der Waals surface area contributed by atoms with Crippen molar-refractivity contribution in [2.45, 2.75) is 5.41 Å². The van der Waals surface area contributed by atoms with Gasteiger partial charge in [-0.05, 0) is 51.6 Å². The Balaban J connectivity index is 1.74. The summed E-state index contributed by atoms with van der Waals surface area (Å²) >= 11 is 0. The fourth-order valence-electron chi connectivity index (χ4n) is 5.15. The highest BCUT2D eigenvalue weighted by Crippen LogP contribution is 2.54. The molecule has 0 saturated carbocycles. The number of rotatable bonds is 3. The molecule has 0 spiro atoms. The van der Waals surface area contributed by atoms with Crippen molar-refractivity contribution in [2.75, 3.05) is 5.32 Å². The van der Waals surface area contributed by atoms with E-state index < -0.39 is 5.41 Å². The molecule has 32 heavy (non-hydrogen) atoms. The van der Waals surface area contributed by atoms with Gasteiger partial charge in [0.1, 0.15) is 0 Å². The van der Waals surface area contributed by atoms with E-state index >= 15 is 0 Å². The maximum atomic E-state index is 3.71. The minimum Gasteiger partial charge on any atom is -0.355 e. The first-order valence-electron chi connectivity index (χ1n) is 11.0. The van der Waals surface area contributed by atoms with Gasteiger partial charge in [0.25, 0.3) is 0 Å². The van der Waals surface area contributed by atoms with E-state index in [-0.39, 0.29) is 0 Å². The fourth-order valence-corrected chi connectivity index (χ4v) is 5.15. The molecule has 1 heterocycles. The quantitative estimate of drug-likeness (QED) is 0.314. The van der Waals surface area contributed by atoms with Gasteiger partial charge in [-0.3, -0.25) is 0 Å². The van der Waals surface area contributed by atoms with Crippen molar-refractivity contribution in [3.05, 3.63) is 156 Å². The molecule has 1 heteroatoms. The second-order valence-corrected chi connectivity index (χ2v) is 8.28. The van der Waals surface area contributed by atoms with Crippen LogP contribution < -0.4 is 5.32 Å². The average Bonchev–Trinajstić information content (AvgIpc) is 2.88. The van der Waals surface area contributed by atoms with Crippen LogP contribution in [0.5, 0.6) is 0 Å². The summed E-state index contributed by atoms with van der Waals surface area (Å²) in [6.07, 6.45) is 0. The maximum absolute atomic E-state index is 3.71. The lowest BCUT2D eigenvalue weighted by Gasteiger charge is -2.42. The molecule has 1 N–H and O–H groups in total. The van der Waals surface area contributed by atoms with E-state index in [9.17, 15) is 0 Å². The van der Waals surface area contributed by atoms with Crippen molar-refractivity contribution in [3.63, 3.8) is 0 Å². The van der Waals surface area contributed by atoms with Gasteiger partial charge in [-0.15, -0.1) is 0 Å². The zero-order valence-corrected chi connectivity index (χ0v) is 17.7. The van der Waals surface area contributed by atoms with Crippen molar-refractivity contribution < 1.29 is 0 Å². The first-order valence-corrected chi connectivity index (χ1v) is 11.0. The average molecular weight is 410 g/mol. The minimum atomic E-state index is -0.412. The summed E-state index contributed by atoms with van der Waals surface area (Å²) in [5, 5.41) is 3.71. The summed E-state index contributed by atoms with van der Waals surface area (Å²) in [5.41, 5.74) is 9.43. The minimum absolute atomic E-state index is 0.412. The summed E-state index contributed by atoms with van der Waals surface area (Å²) in [5.74, 6) is 0. The zero-order valence-electron chi connectivity index (χ0n) is 17.7. The van der Waals surface area contributed by atoms with Crippen LogP contribution >= 0.6 is 0 Å².